The summed E-state index contributed by atoms with van der Waals surface area (Å²) >= 11 is 5.96. The zero-order chi connectivity index (χ0) is 27.4. The number of nitrogens with two attached hydrogens (primary N) is 1. The molecule has 9 nitrogen and oxygen atoms in total. The molecule has 0 saturated carbocycles. The molecule has 1 atom stereocenters. The maximum atomic E-state index is 13.6. The van der Waals surface area contributed by atoms with Crippen LogP contribution in [-0.2, 0) is 26.6 Å². The largest absolute Gasteiger partial charge is 0.463 e. The Morgan fingerprint density at radius 1 is 1.08 bits per heavy atom. The molecule has 0 aliphatic heterocycles. The molecule has 0 bridgehead atoms. The van der Waals surface area contributed by atoms with Crippen LogP contribution < -0.4 is 21.7 Å². The Hall–Kier alpha value is -3.95. The second-order valence-electron chi connectivity index (χ2n) is 9.38. The number of carbonyl (C=O) groups is 1. The first kappa shape index (κ1) is 27.1. The Bertz CT molecular complexity index is 1600. The molecule has 0 spiro atoms. The van der Waals surface area contributed by atoms with Gasteiger partial charge in [0.05, 0.1) is 6.54 Å². The predicted octanol–water partition coefficient (Wildman–Crippen LogP) is 3.35. The maximum Gasteiger partial charge on any atom is 0.332 e. The first-order valence-electron chi connectivity index (χ1n) is 12.2. The number of carbonyl (C=O) groups excluding carboxylic acids is 1. The van der Waals surface area contributed by atoms with Crippen LogP contribution in [0, 0.1) is 0 Å². The van der Waals surface area contributed by atoms with Gasteiger partial charge in [0.25, 0.3) is 11.6 Å². The lowest BCUT2D eigenvalue weighted by atomic mass is 10.1. The van der Waals surface area contributed by atoms with Crippen LogP contribution in [0.15, 0.2) is 75.8 Å². The van der Waals surface area contributed by atoms with E-state index in [4.69, 9.17) is 22.1 Å². The summed E-state index contributed by atoms with van der Waals surface area (Å²) in [5, 5.41) is 0.647. The van der Waals surface area contributed by atoms with E-state index in [2.05, 4.69) is 4.98 Å². The van der Waals surface area contributed by atoms with E-state index >= 15 is 0 Å². The lowest BCUT2D eigenvalue weighted by Crippen LogP contribution is -2.41. The standard InChI is InChI=1S/C28H30ClN5O4/c1-18(2)13-14-33-24-25(31-27(33)38-17-22(30)15-19-9-11-21(29)12-10-19)32(3)28(37)34(26(24)36)16-23(35)20-7-5-4-6-8-20/h4-13,22H,14-17,30H2,1-3H3. The number of imidazole rings is 1. The van der Waals surface area contributed by atoms with E-state index in [9.17, 15) is 14.4 Å². The number of ether oxygens (including phenoxy) is 1. The molecule has 0 saturated heterocycles. The molecule has 2 aromatic carbocycles. The Balaban J connectivity index is 1.70. The van der Waals surface area contributed by atoms with Gasteiger partial charge < -0.3 is 10.5 Å². The van der Waals surface area contributed by atoms with Gasteiger partial charge in [-0.2, -0.15) is 4.98 Å². The van der Waals surface area contributed by atoms with Gasteiger partial charge in [-0.3, -0.25) is 23.3 Å². The number of rotatable bonds is 10. The summed E-state index contributed by atoms with van der Waals surface area (Å²) in [4.78, 5) is 44.0. The summed E-state index contributed by atoms with van der Waals surface area (Å²) in [6.45, 7) is 3.92. The summed E-state index contributed by atoms with van der Waals surface area (Å²) < 4.78 is 9.80. The number of benzene rings is 2. The Morgan fingerprint density at radius 2 is 1.76 bits per heavy atom. The molecule has 2 N–H and O–H groups in total. The quantitative estimate of drug-likeness (QED) is 0.246. The van der Waals surface area contributed by atoms with Crippen LogP contribution in [0.1, 0.15) is 29.8 Å². The molecule has 4 rings (SSSR count). The van der Waals surface area contributed by atoms with E-state index in [1.54, 1.807) is 47.0 Å². The van der Waals surface area contributed by atoms with Crippen molar-refractivity contribution in [2.24, 2.45) is 12.8 Å². The van der Waals surface area contributed by atoms with Gasteiger partial charge in [-0.05, 0) is 38.0 Å². The minimum atomic E-state index is -0.635. The third-order valence-electron chi connectivity index (χ3n) is 6.11. The fourth-order valence-electron chi connectivity index (χ4n) is 4.07. The molecule has 0 aliphatic carbocycles. The average Bonchev–Trinajstić information content (AvgIpc) is 3.28. The first-order chi connectivity index (χ1) is 18.2. The fraction of sp³-hybridized carbons (Fsp3) is 0.286. The van der Waals surface area contributed by atoms with E-state index in [-0.39, 0.29) is 42.2 Å². The van der Waals surface area contributed by atoms with Gasteiger partial charge in [0, 0.05) is 30.2 Å². The summed E-state index contributed by atoms with van der Waals surface area (Å²) in [5.41, 5.74) is 7.87. The molecule has 0 radical (unpaired) electrons. The summed E-state index contributed by atoms with van der Waals surface area (Å²) in [6.07, 6.45) is 2.48. The molecule has 1 unspecified atom stereocenters. The van der Waals surface area contributed by atoms with Gasteiger partial charge in [0.15, 0.2) is 16.9 Å². The Morgan fingerprint density at radius 3 is 2.42 bits per heavy atom. The van der Waals surface area contributed by atoms with Crippen molar-refractivity contribution >= 4 is 28.5 Å². The van der Waals surface area contributed by atoms with Crippen LogP contribution in [0.2, 0.25) is 5.02 Å². The number of Topliss-reactive ketones (excluding diaryl/α,β-unsaturated/α-hetero) is 1. The van der Waals surface area contributed by atoms with Gasteiger partial charge in [-0.15, -0.1) is 0 Å². The van der Waals surface area contributed by atoms with Gasteiger partial charge in [0.2, 0.25) is 0 Å². The number of aromatic nitrogens is 4. The molecule has 4 aromatic rings. The molecule has 10 heteroatoms. The summed E-state index contributed by atoms with van der Waals surface area (Å²) in [5.74, 6) is -0.343. The molecule has 0 fully saturated rings. The smallest absolute Gasteiger partial charge is 0.332 e. The van der Waals surface area contributed by atoms with Crippen LogP contribution in [0.25, 0.3) is 11.2 Å². The molecule has 2 heterocycles. The van der Waals surface area contributed by atoms with Crippen molar-refractivity contribution in [1.29, 1.82) is 0 Å². The first-order valence-corrected chi connectivity index (χ1v) is 12.6. The number of ketones is 1. The van der Waals surface area contributed by atoms with Crippen LogP contribution in [0.5, 0.6) is 6.01 Å². The van der Waals surface area contributed by atoms with Crippen molar-refractivity contribution in [3.63, 3.8) is 0 Å². The highest BCUT2D eigenvalue weighted by atomic mass is 35.5. The van der Waals surface area contributed by atoms with Crippen LogP contribution in [0.3, 0.4) is 0 Å². The van der Waals surface area contributed by atoms with E-state index in [0.717, 1.165) is 15.7 Å². The van der Waals surface area contributed by atoms with Crippen molar-refractivity contribution in [2.45, 2.75) is 39.4 Å². The van der Waals surface area contributed by atoms with Gasteiger partial charge in [-0.25, -0.2) is 4.79 Å². The SMILES string of the molecule is CC(C)=CCn1c(OCC(N)Cc2ccc(Cl)cc2)nc2c1c(=O)n(CC(=O)c1ccccc1)c(=O)n2C. The number of halogens is 1. The van der Waals surface area contributed by atoms with Crippen LogP contribution in [-0.4, -0.2) is 37.1 Å². The summed E-state index contributed by atoms with van der Waals surface area (Å²) in [6, 6.07) is 15.8. The highest BCUT2D eigenvalue weighted by Crippen LogP contribution is 2.19. The summed E-state index contributed by atoms with van der Waals surface area (Å²) in [7, 11) is 1.52. The number of fused-ring (bicyclic) bond motifs is 1. The minimum Gasteiger partial charge on any atom is -0.463 e. The zero-order valence-corrected chi connectivity index (χ0v) is 22.3. The molecular formula is C28H30ClN5O4. The van der Waals surface area contributed by atoms with Gasteiger partial charge in [0.1, 0.15) is 6.61 Å². The Kier molecular flexibility index (Phi) is 8.29. The number of aryl methyl sites for hydroxylation is 1. The van der Waals surface area contributed by atoms with Gasteiger partial charge >= 0.3 is 5.69 Å². The monoisotopic (exact) mass is 535 g/mol. The molecule has 38 heavy (non-hydrogen) atoms. The highest BCUT2D eigenvalue weighted by molar-refractivity contribution is 6.30. The molecule has 0 amide bonds. The molecule has 2 aromatic heterocycles. The molecule has 198 valence electrons. The normalized spacial score (nSPS) is 11.9. The molecular weight excluding hydrogens is 506 g/mol. The Labute approximate surface area is 224 Å². The van der Waals surface area contributed by atoms with E-state index < -0.39 is 11.2 Å². The van der Waals surface area contributed by atoms with Crippen LogP contribution >= 0.6 is 11.6 Å². The lowest BCUT2D eigenvalue weighted by Gasteiger charge is -2.14. The van der Waals surface area contributed by atoms with Crippen LogP contribution in [0.4, 0.5) is 0 Å². The minimum absolute atomic E-state index is 0.134. The molecule has 0 aliphatic rings. The third-order valence-corrected chi connectivity index (χ3v) is 6.37. The van der Waals surface area contributed by atoms with Crippen molar-refractivity contribution in [2.75, 3.05) is 6.61 Å². The number of hydrogen-bond acceptors (Lipinski definition) is 6. The predicted molar refractivity (Wildman–Crippen MR) is 148 cm³/mol. The number of nitrogens with zero attached hydrogens (tertiary/aromatic N) is 4. The second kappa shape index (κ2) is 11.6. The van der Waals surface area contributed by atoms with Crippen molar-refractivity contribution < 1.29 is 9.53 Å². The van der Waals surface area contributed by atoms with E-state index in [0.29, 0.717) is 23.6 Å². The number of hydrogen-bond donors (Lipinski definition) is 1. The highest BCUT2D eigenvalue weighted by Gasteiger charge is 2.22. The zero-order valence-electron chi connectivity index (χ0n) is 21.6. The second-order valence-corrected chi connectivity index (χ2v) is 9.82. The fourth-order valence-corrected chi connectivity index (χ4v) is 4.19. The number of allylic oxidation sites excluding steroid dienone is 2. The van der Waals surface area contributed by atoms with Gasteiger partial charge in [-0.1, -0.05) is 65.7 Å². The van der Waals surface area contributed by atoms with E-state index in [1.165, 1.54) is 11.6 Å². The average molecular weight is 536 g/mol. The maximum absolute atomic E-state index is 13.6. The van der Waals surface area contributed by atoms with Crippen molar-refractivity contribution in [1.82, 2.24) is 18.7 Å². The van der Waals surface area contributed by atoms with Crippen molar-refractivity contribution in [3.05, 3.63) is 103 Å². The topological polar surface area (TPSA) is 114 Å². The lowest BCUT2D eigenvalue weighted by molar-refractivity contribution is 0.0969. The van der Waals surface area contributed by atoms with Crippen molar-refractivity contribution in [3.8, 4) is 6.01 Å². The van der Waals surface area contributed by atoms with E-state index in [1.807, 2.05) is 32.1 Å². The third kappa shape index (κ3) is 5.95.